The summed E-state index contributed by atoms with van der Waals surface area (Å²) in [5.41, 5.74) is -1.27. The number of hydrogen-bond donors (Lipinski definition) is 1. The van der Waals surface area contributed by atoms with E-state index in [1.165, 1.54) is 0 Å². The summed E-state index contributed by atoms with van der Waals surface area (Å²) >= 11 is 0. The van der Waals surface area contributed by atoms with Gasteiger partial charge in [-0.05, 0) is 38.7 Å². The topological polar surface area (TPSA) is 63.6 Å². The molecule has 0 spiro atoms. The average Bonchev–Trinajstić information content (AvgIpc) is 2.78. The molecule has 0 radical (unpaired) electrons. The van der Waals surface area contributed by atoms with Gasteiger partial charge in [-0.1, -0.05) is 30.3 Å². The van der Waals surface area contributed by atoms with Crippen LogP contribution in [-0.4, -0.2) is 29.1 Å². The highest BCUT2D eigenvalue weighted by atomic mass is 16.5. The lowest BCUT2D eigenvalue weighted by Crippen LogP contribution is -2.54. The van der Waals surface area contributed by atoms with Crippen molar-refractivity contribution in [3.05, 3.63) is 35.9 Å². The van der Waals surface area contributed by atoms with Crippen LogP contribution in [0.1, 0.15) is 44.6 Å². The average molecular weight is 302 g/mol. The highest BCUT2D eigenvalue weighted by Crippen LogP contribution is 2.59. The Morgan fingerprint density at radius 1 is 1.32 bits per heavy atom. The molecular weight excluding hydrogens is 280 g/mol. The summed E-state index contributed by atoms with van der Waals surface area (Å²) in [5.74, 6) is -1.35. The van der Waals surface area contributed by atoms with Gasteiger partial charge in [-0.2, -0.15) is 0 Å². The molecule has 4 atom stereocenters. The predicted molar refractivity (Wildman–Crippen MR) is 81.2 cm³/mol. The predicted octanol–water partition coefficient (Wildman–Crippen LogP) is 2.45. The maximum Gasteiger partial charge on any atom is 0.320 e. The second kappa shape index (κ2) is 5.20. The van der Waals surface area contributed by atoms with Crippen LogP contribution >= 0.6 is 0 Å². The van der Waals surface area contributed by atoms with Crippen molar-refractivity contribution in [1.29, 1.82) is 0 Å². The number of ketones is 1. The summed E-state index contributed by atoms with van der Waals surface area (Å²) in [5, 5.41) is 10.7. The van der Waals surface area contributed by atoms with Gasteiger partial charge in [0, 0.05) is 11.8 Å². The monoisotopic (exact) mass is 302 g/mol. The van der Waals surface area contributed by atoms with E-state index in [1.54, 1.807) is 13.8 Å². The molecule has 0 aromatic heterocycles. The fourth-order valence-corrected chi connectivity index (χ4v) is 4.30. The summed E-state index contributed by atoms with van der Waals surface area (Å²) in [6, 6.07) is 9.55. The molecule has 0 amide bonds. The van der Waals surface area contributed by atoms with E-state index < -0.39 is 22.9 Å². The van der Waals surface area contributed by atoms with Crippen molar-refractivity contribution < 1.29 is 19.4 Å². The zero-order valence-electron chi connectivity index (χ0n) is 13.0. The number of rotatable bonds is 3. The number of ether oxygens (including phenoxy) is 1. The van der Waals surface area contributed by atoms with E-state index in [1.807, 2.05) is 30.3 Å². The fraction of sp³-hybridized carbons (Fsp3) is 0.556. The molecule has 4 nitrogen and oxygen atoms in total. The first-order valence-corrected chi connectivity index (χ1v) is 7.92. The van der Waals surface area contributed by atoms with Gasteiger partial charge in [0.2, 0.25) is 0 Å². The molecule has 4 heteroatoms. The fourth-order valence-electron chi connectivity index (χ4n) is 4.30. The number of fused-ring (bicyclic) bond motifs is 2. The van der Waals surface area contributed by atoms with Crippen molar-refractivity contribution in [2.24, 2.45) is 11.3 Å². The van der Waals surface area contributed by atoms with E-state index in [9.17, 15) is 14.7 Å². The molecular formula is C18H22O4. The Kier molecular flexibility index (Phi) is 3.60. The van der Waals surface area contributed by atoms with E-state index in [0.717, 1.165) is 5.56 Å². The van der Waals surface area contributed by atoms with Crippen LogP contribution < -0.4 is 0 Å². The molecule has 3 rings (SSSR count). The molecule has 0 unspecified atom stereocenters. The van der Waals surface area contributed by atoms with E-state index in [0.29, 0.717) is 19.3 Å². The largest absolute Gasteiger partial charge is 0.465 e. The van der Waals surface area contributed by atoms with Crippen LogP contribution in [0.5, 0.6) is 0 Å². The van der Waals surface area contributed by atoms with Gasteiger partial charge in [0.25, 0.3) is 0 Å². The number of carbonyl (C=O) groups is 2. The summed E-state index contributed by atoms with van der Waals surface area (Å²) in [4.78, 5) is 25.6. The zero-order valence-corrected chi connectivity index (χ0v) is 13.0. The third-order valence-electron chi connectivity index (χ3n) is 5.39. The van der Waals surface area contributed by atoms with Crippen molar-refractivity contribution in [3.63, 3.8) is 0 Å². The summed E-state index contributed by atoms with van der Waals surface area (Å²) < 4.78 is 5.25. The van der Waals surface area contributed by atoms with Crippen molar-refractivity contribution in [2.75, 3.05) is 6.61 Å². The Morgan fingerprint density at radius 2 is 2.00 bits per heavy atom. The number of esters is 1. The molecule has 1 aromatic rings. The van der Waals surface area contributed by atoms with Gasteiger partial charge in [-0.15, -0.1) is 0 Å². The Bertz CT molecular complexity index is 592. The number of carbonyl (C=O) groups excluding carboxylic acids is 2. The molecule has 2 fully saturated rings. The Labute approximate surface area is 130 Å². The van der Waals surface area contributed by atoms with Crippen LogP contribution in [0, 0.1) is 11.3 Å². The lowest BCUT2D eigenvalue weighted by atomic mass is 9.60. The second-order valence-corrected chi connectivity index (χ2v) is 6.67. The summed E-state index contributed by atoms with van der Waals surface area (Å²) in [7, 11) is 0. The first-order chi connectivity index (χ1) is 10.4. The summed E-state index contributed by atoms with van der Waals surface area (Å²) in [6.45, 7) is 3.73. The number of hydrogen-bond acceptors (Lipinski definition) is 4. The van der Waals surface area contributed by atoms with Crippen LogP contribution in [0.15, 0.2) is 30.3 Å². The highest BCUT2D eigenvalue weighted by molar-refractivity contribution is 6.08. The minimum Gasteiger partial charge on any atom is -0.465 e. The molecule has 0 heterocycles. The number of aliphatic hydroxyl groups is 1. The van der Waals surface area contributed by atoms with Crippen LogP contribution in [0.3, 0.4) is 0 Å². The SMILES string of the molecule is CCOC(=O)[C@@]12CC[C@@H](C1=O)[C@](C)(O)C[C@H]2c1ccccc1. The smallest absolute Gasteiger partial charge is 0.320 e. The van der Waals surface area contributed by atoms with Crippen LogP contribution in [0.25, 0.3) is 0 Å². The molecule has 0 saturated heterocycles. The molecule has 2 aliphatic carbocycles. The van der Waals surface area contributed by atoms with E-state index in [2.05, 4.69) is 0 Å². The quantitative estimate of drug-likeness (QED) is 0.688. The van der Waals surface area contributed by atoms with Crippen molar-refractivity contribution in [3.8, 4) is 0 Å². The van der Waals surface area contributed by atoms with Gasteiger partial charge in [-0.25, -0.2) is 0 Å². The molecule has 118 valence electrons. The molecule has 22 heavy (non-hydrogen) atoms. The number of Topliss-reactive ketones (excluding diaryl/α,β-unsaturated/α-hetero) is 1. The normalized spacial score (nSPS) is 37.1. The molecule has 2 saturated carbocycles. The zero-order chi connectivity index (χ0) is 16.0. The minimum atomic E-state index is -1.12. The van der Waals surface area contributed by atoms with Crippen molar-refractivity contribution in [2.45, 2.75) is 44.6 Å². The molecule has 2 aliphatic rings. The molecule has 1 N–H and O–H groups in total. The van der Waals surface area contributed by atoms with Crippen molar-refractivity contribution >= 4 is 11.8 Å². The molecule has 0 aliphatic heterocycles. The highest BCUT2D eigenvalue weighted by Gasteiger charge is 2.66. The minimum absolute atomic E-state index is 0.143. The Hall–Kier alpha value is -1.68. The van der Waals surface area contributed by atoms with E-state index in [4.69, 9.17) is 4.74 Å². The summed E-state index contributed by atoms with van der Waals surface area (Å²) in [6.07, 6.45) is 1.42. The lowest BCUT2D eigenvalue weighted by Gasteiger charge is -2.44. The maximum absolute atomic E-state index is 13.0. The second-order valence-electron chi connectivity index (χ2n) is 6.67. The van der Waals surface area contributed by atoms with Crippen LogP contribution in [-0.2, 0) is 14.3 Å². The third kappa shape index (κ3) is 2.01. The standard InChI is InChI=1S/C18H22O4/c1-3-22-16(20)18-10-9-13(15(18)19)17(2,21)11-14(18)12-7-5-4-6-8-12/h4-8,13-14,21H,3,9-11H2,1-2H3/t13-,14-,17+,18+/m0/s1. The first kappa shape index (κ1) is 15.2. The van der Waals surface area contributed by atoms with Gasteiger partial charge in [0.15, 0.2) is 5.78 Å². The third-order valence-corrected chi connectivity index (χ3v) is 5.39. The Morgan fingerprint density at radius 3 is 2.64 bits per heavy atom. The maximum atomic E-state index is 13.0. The molecule has 1 aromatic carbocycles. The van der Waals surface area contributed by atoms with Gasteiger partial charge >= 0.3 is 5.97 Å². The van der Waals surface area contributed by atoms with Crippen LogP contribution in [0.4, 0.5) is 0 Å². The lowest BCUT2D eigenvalue weighted by molar-refractivity contribution is -0.168. The first-order valence-electron chi connectivity index (χ1n) is 7.92. The molecule has 2 bridgehead atoms. The van der Waals surface area contributed by atoms with E-state index in [-0.39, 0.29) is 18.3 Å². The van der Waals surface area contributed by atoms with E-state index >= 15 is 0 Å². The van der Waals surface area contributed by atoms with Crippen LogP contribution in [0.2, 0.25) is 0 Å². The van der Waals surface area contributed by atoms with Gasteiger partial charge in [0.05, 0.1) is 12.2 Å². The van der Waals surface area contributed by atoms with Gasteiger partial charge in [-0.3, -0.25) is 9.59 Å². The van der Waals surface area contributed by atoms with Gasteiger partial charge < -0.3 is 9.84 Å². The number of benzene rings is 1. The van der Waals surface area contributed by atoms with Crippen molar-refractivity contribution in [1.82, 2.24) is 0 Å². The Balaban J connectivity index is 2.11. The van der Waals surface area contributed by atoms with Gasteiger partial charge in [0.1, 0.15) is 5.41 Å².